The Labute approximate surface area is 194 Å². The molecule has 33 heavy (non-hydrogen) atoms. The molecule has 182 valence electrons. The Hall–Kier alpha value is -2.35. The Kier molecular flexibility index (Phi) is 8.57. The second-order valence-corrected chi connectivity index (χ2v) is 9.61. The summed E-state index contributed by atoms with van der Waals surface area (Å²) in [6.45, 7) is 4.23. The number of nitrogens with two attached hydrogens (primary N) is 1. The smallest absolute Gasteiger partial charge is 0.257 e. The van der Waals surface area contributed by atoms with Crippen LogP contribution in [0.3, 0.4) is 0 Å². The number of carbonyl (C=O) groups excluding carboxylic acids is 3. The van der Waals surface area contributed by atoms with E-state index in [0.29, 0.717) is 19.4 Å². The lowest BCUT2D eigenvalue weighted by Gasteiger charge is -2.33. The lowest BCUT2D eigenvalue weighted by Crippen LogP contribution is -2.48. The fraction of sp³-hybridized carbons (Fsp3) is 0.640. The van der Waals surface area contributed by atoms with Crippen LogP contribution in [0.4, 0.5) is 8.78 Å². The van der Waals surface area contributed by atoms with Gasteiger partial charge in [0.05, 0.1) is 12.6 Å². The minimum atomic E-state index is -0.959. The highest BCUT2D eigenvalue weighted by Crippen LogP contribution is 2.32. The number of nitrogens with zero attached hydrogens (tertiary/aromatic N) is 1. The number of amides is 2. The van der Waals surface area contributed by atoms with E-state index in [2.05, 4.69) is 5.32 Å². The zero-order chi connectivity index (χ0) is 24.1. The van der Waals surface area contributed by atoms with Gasteiger partial charge in [-0.1, -0.05) is 39.2 Å². The zero-order valence-corrected chi connectivity index (χ0v) is 19.5. The summed E-state index contributed by atoms with van der Waals surface area (Å²) in [6, 6.07) is 1.68. The van der Waals surface area contributed by atoms with Crippen molar-refractivity contribution in [2.24, 2.45) is 17.6 Å². The van der Waals surface area contributed by atoms with Crippen LogP contribution in [-0.2, 0) is 9.59 Å². The zero-order valence-electron chi connectivity index (χ0n) is 19.5. The van der Waals surface area contributed by atoms with Crippen LogP contribution in [0.5, 0.6) is 0 Å². The first-order valence-corrected chi connectivity index (χ1v) is 12.0. The van der Waals surface area contributed by atoms with E-state index in [0.717, 1.165) is 38.2 Å². The maximum Gasteiger partial charge on any atom is 0.257 e. The maximum atomic E-state index is 15.5. The Morgan fingerprint density at radius 2 is 1.79 bits per heavy atom. The number of carbonyl (C=O) groups is 3. The van der Waals surface area contributed by atoms with E-state index in [1.54, 1.807) is 18.7 Å². The summed E-state index contributed by atoms with van der Waals surface area (Å²) in [6.07, 6.45) is 5.93. The highest BCUT2D eigenvalue weighted by molar-refractivity contribution is 5.99. The van der Waals surface area contributed by atoms with Gasteiger partial charge in [-0.15, -0.1) is 0 Å². The predicted octanol–water partition coefficient (Wildman–Crippen LogP) is 3.53. The van der Waals surface area contributed by atoms with E-state index in [1.165, 1.54) is 6.07 Å². The number of benzene rings is 1. The third-order valence-electron chi connectivity index (χ3n) is 7.02. The second kappa shape index (κ2) is 11.2. The third kappa shape index (κ3) is 5.78. The molecule has 0 bridgehead atoms. The van der Waals surface area contributed by atoms with Gasteiger partial charge >= 0.3 is 0 Å². The molecule has 0 aromatic heterocycles. The van der Waals surface area contributed by atoms with E-state index in [-0.39, 0.29) is 48.1 Å². The monoisotopic (exact) mass is 463 g/mol. The van der Waals surface area contributed by atoms with E-state index in [1.807, 2.05) is 0 Å². The summed E-state index contributed by atoms with van der Waals surface area (Å²) in [4.78, 5) is 39.5. The normalized spacial score (nSPS) is 20.5. The molecule has 1 aromatic rings. The number of rotatable bonds is 7. The van der Waals surface area contributed by atoms with Crippen molar-refractivity contribution in [1.82, 2.24) is 10.2 Å². The summed E-state index contributed by atoms with van der Waals surface area (Å²) >= 11 is 0. The molecule has 3 rings (SSSR count). The molecule has 2 atom stereocenters. The van der Waals surface area contributed by atoms with Crippen LogP contribution in [0.2, 0.25) is 0 Å². The number of likely N-dealkylation sites (tertiary alicyclic amines) is 1. The quantitative estimate of drug-likeness (QED) is 0.647. The molecule has 1 aromatic carbocycles. The molecule has 2 amide bonds. The molecule has 2 aliphatic rings. The Bertz CT molecular complexity index is 884. The topological polar surface area (TPSA) is 92.5 Å². The molecule has 1 heterocycles. The largest absolute Gasteiger partial charge is 0.342 e. The van der Waals surface area contributed by atoms with Crippen LogP contribution in [0.1, 0.15) is 80.6 Å². The summed E-state index contributed by atoms with van der Waals surface area (Å²) < 4.78 is 30.2. The molecule has 6 nitrogen and oxygen atoms in total. The summed E-state index contributed by atoms with van der Waals surface area (Å²) in [5.74, 6) is -3.79. The van der Waals surface area contributed by atoms with Crippen molar-refractivity contribution in [2.45, 2.75) is 70.8 Å². The third-order valence-corrected chi connectivity index (χ3v) is 7.02. The van der Waals surface area contributed by atoms with Gasteiger partial charge in [-0.3, -0.25) is 14.4 Å². The molecule has 8 heteroatoms. The van der Waals surface area contributed by atoms with Gasteiger partial charge in [-0.05, 0) is 43.2 Å². The number of ketones is 1. The van der Waals surface area contributed by atoms with Crippen LogP contribution in [0.15, 0.2) is 12.1 Å². The summed E-state index contributed by atoms with van der Waals surface area (Å²) in [7, 11) is 0. The first-order chi connectivity index (χ1) is 15.7. The standard InChI is InChI=1S/C25H35F2N3O3/c1-15(2)24(32)23(16-7-4-3-5-8-16)29-25(33)21-19(26)11-10-18(22(21)27)17-9-6-12-30(14-17)20(31)13-28/h10-11,15-17,23H,3-9,12-14,28H2,1-2H3,(H,29,33)/t17?,23-/m1/s1. The molecular weight excluding hydrogens is 428 g/mol. The molecule has 1 saturated carbocycles. The average molecular weight is 464 g/mol. The fourth-order valence-corrected chi connectivity index (χ4v) is 5.14. The number of hydrogen-bond acceptors (Lipinski definition) is 4. The van der Waals surface area contributed by atoms with E-state index < -0.39 is 29.1 Å². The molecule has 2 fully saturated rings. The van der Waals surface area contributed by atoms with Gasteiger partial charge in [-0.2, -0.15) is 0 Å². The molecule has 1 unspecified atom stereocenters. The first-order valence-electron chi connectivity index (χ1n) is 12.0. The van der Waals surface area contributed by atoms with Crippen LogP contribution < -0.4 is 11.1 Å². The van der Waals surface area contributed by atoms with Crippen LogP contribution in [0, 0.1) is 23.5 Å². The van der Waals surface area contributed by atoms with Crippen molar-refractivity contribution in [3.05, 3.63) is 34.9 Å². The first kappa shape index (κ1) is 25.3. The van der Waals surface area contributed by atoms with Gasteiger partial charge < -0.3 is 16.0 Å². The predicted molar refractivity (Wildman–Crippen MR) is 122 cm³/mol. The molecule has 1 aliphatic carbocycles. The van der Waals surface area contributed by atoms with Crippen molar-refractivity contribution in [1.29, 1.82) is 0 Å². The lowest BCUT2D eigenvalue weighted by atomic mass is 9.80. The number of piperidine rings is 1. The van der Waals surface area contributed by atoms with Crippen LogP contribution in [0.25, 0.3) is 0 Å². The Balaban J connectivity index is 1.86. The van der Waals surface area contributed by atoms with Gasteiger partial charge in [0.2, 0.25) is 5.91 Å². The highest BCUT2D eigenvalue weighted by Gasteiger charge is 2.35. The number of Topliss-reactive ketones (excluding diaryl/α,β-unsaturated/α-hetero) is 1. The van der Waals surface area contributed by atoms with Crippen LogP contribution >= 0.6 is 0 Å². The molecule has 0 spiro atoms. The molecule has 0 radical (unpaired) electrons. The van der Waals surface area contributed by atoms with Crippen LogP contribution in [-0.4, -0.2) is 48.2 Å². The average Bonchev–Trinajstić information content (AvgIpc) is 2.82. The number of nitrogens with one attached hydrogen (secondary N) is 1. The van der Waals surface area contributed by atoms with Crippen molar-refractivity contribution in [2.75, 3.05) is 19.6 Å². The van der Waals surface area contributed by atoms with Crippen molar-refractivity contribution >= 4 is 17.6 Å². The molecule has 3 N–H and O–H groups in total. The Morgan fingerprint density at radius 1 is 1.09 bits per heavy atom. The Morgan fingerprint density at radius 3 is 2.42 bits per heavy atom. The minimum absolute atomic E-state index is 0.0268. The van der Waals surface area contributed by atoms with Gasteiger partial charge in [-0.25, -0.2) is 8.78 Å². The fourth-order valence-electron chi connectivity index (χ4n) is 5.14. The van der Waals surface area contributed by atoms with E-state index in [4.69, 9.17) is 5.73 Å². The minimum Gasteiger partial charge on any atom is -0.342 e. The van der Waals surface area contributed by atoms with Crippen molar-refractivity contribution < 1.29 is 23.2 Å². The summed E-state index contributed by atoms with van der Waals surface area (Å²) in [5.41, 5.74) is 5.01. The van der Waals surface area contributed by atoms with Gasteiger partial charge in [0.1, 0.15) is 17.2 Å². The van der Waals surface area contributed by atoms with Gasteiger partial charge in [0, 0.05) is 24.9 Å². The highest BCUT2D eigenvalue weighted by atomic mass is 19.1. The van der Waals surface area contributed by atoms with Crippen molar-refractivity contribution in [3.8, 4) is 0 Å². The summed E-state index contributed by atoms with van der Waals surface area (Å²) in [5, 5.41) is 2.68. The molecular formula is C25H35F2N3O3. The molecule has 1 aliphatic heterocycles. The van der Waals surface area contributed by atoms with Crippen molar-refractivity contribution in [3.63, 3.8) is 0 Å². The number of halogens is 2. The second-order valence-electron chi connectivity index (χ2n) is 9.61. The van der Waals surface area contributed by atoms with Gasteiger partial charge in [0.15, 0.2) is 5.78 Å². The van der Waals surface area contributed by atoms with E-state index in [9.17, 15) is 18.8 Å². The lowest BCUT2D eigenvalue weighted by molar-refractivity contribution is -0.130. The SMILES string of the molecule is CC(C)C(=O)[C@H](NC(=O)c1c(F)ccc(C2CCCN(C(=O)CN)C2)c1F)C1CCCCC1. The van der Waals surface area contributed by atoms with Gasteiger partial charge in [0.25, 0.3) is 5.91 Å². The molecule has 1 saturated heterocycles. The number of hydrogen-bond donors (Lipinski definition) is 2. The maximum absolute atomic E-state index is 15.5. The van der Waals surface area contributed by atoms with E-state index >= 15 is 4.39 Å².